The number of nitrogens with two attached hydrogens (primary N) is 1. The summed E-state index contributed by atoms with van der Waals surface area (Å²) in [6.45, 7) is 0.102. The molecule has 0 bridgehead atoms. The zero-order valence-corrected chi connectivity index (χ0v) is 10.9. The lowest BCUT2D eigenvalue weighted by molar-refractivity contribution is -0.0390. The number of amides is 2. The molecule has 5 nitrogen and oxygen atoms in total. The number of hydrogen-bond acceptors (Lipinski definition) is 3. The van der Waals surface area contributed by atoms with Crippen molar-refractivity contribution in [2.24, 2.45) is 5.73 Å². The average molecular weight is 272 g/mol. The van der Waals surface area contributed by atoms with Gasteiger partial charge < -0.3 is 10.2 Å². The predicted molar refractivity (Wildman–Crippen MR) is 75.9 cm³/mol. The molecule has 104 valence electrons. The summed E-state index contributed by atoms with van der Waals surface area (Å²) in [4.78, 5) is 10.6. The number of nitrogens with zero attached hydrogens (tertiary/aromatic N) is 1. The third-order valence-corrected chi connectivity index (χ3v) is 2.75. The highest BCUT2D eigenvalue weighted by molar-refractivity contribution is 5.70. The molecule has 0 spiro atoms. The summed E-state index contributed by atoms with van der Waals surface area (Å²) in [5.74, 6) is 1.39. The van der Waals surface area contributed by atoms with Crippen molar-refractivity contribution in [2.75, 3.05) is 6.54 Å². The molecule has 0 saturated carbocycles. The monoisotopic (exact) mass is 272 g/mol. The molecule has 0 aliphatic rings. The lowest BCUT2D eigenvalue weighted by Crippen LogP contribution is -2.34. The van der Waals surface area contributed by atoms with Crippen LogP contribution in [0, 0.1) is 0 Å². The van der Waals surface area contributed by atoms with Crippen molar-refractivity contribution < 1.29 is 14.4 Å². The highest BCUT2D eigenvalue weighted by atomic mass is 16.5. The van der Waals surface area contributed by atoms with Gasteiger partial charge in [0.15, 0.2) is 0 Å². The van der Waals surface area contributed by atoms with E-state index in [4.69, 9.17) is 15.4 Å². The van der Waals surface area contributed by atoms with Crippen LogP contribution in [0.15, 0.2) is 46.9 Å². The molecule has 0 unspecified atom stereocenters. The van der Waals surface area contributed by atoms with E-state index >= 15 is 0 Å². The molecule has 1 aromatic carbocycles. The topological polar surface area (TPSA) is 79.7 Å². The minimum Gasteiger partial charge on any atom is -0.462 e. The maximum atomic E-state index is 10.6. The van der Waals surface area contributed by atoms with E-state index in [1.54, 1.807) is 6.07 Å². The van der Waals surface area contributed by atoms with Gasteiger partial charge in [-0.25, -0.2) is 9.86 Å². The maximum absolute atomic E-state index is 10.6. The molecule has 0 aliphatic heterocycles. The van der Waals surface area contributed by atoms with Gasteiger partial charge in [0.05, 0.1) is 6.54 Å². The van der Waals surface area contributed by atoms with E-state index in [1.807, 2.05) is 48.6 Å². The van der Waals surface area contributed by atoms with E-state index < -0.39 is 6.03 Å². The number of benzene rings is 1. The van der Waals surface area contributed by atoms with E-state index in [0.29, 0.717) is 23.0 Å². The second-order valence-corrected chi connectivity index (χ2v) is 4.26. The molecule has 5 heteroatoms. The van der Waals surface area contributed by atoms with E-state index in [1.165, 1.54) is 0 Å². The number of primary amides is 1. The molecule has 2 amide bonds. The van der Waals surface area contributed by atoms with Gasteiger partial charge in [-0.05, 0) is 23.8 Å². The van der Waals surface area contributed by atoms with E-state index in [-0.39, 0.29) is 6.54 Å². The summed E-state index contributed by atoms with van der Waals surface area (Å²) in [6, 6.07) is 12.6. The molecule has 20 heavy (non-hydrogen) atoms. The number of furan rings is 1. The number of urea groups is 1. The minimum atomic E-state index is -0.874. The van der Waals surface area contributed by atoms with Crippen LogP contribution in [0.2, 0.25) is 0 Å². The van der Waals surface area contributed by atoms with Crippen molar-refractivity contribution in [3.8, 4) is 0 Å². The van der Waals surface area contributed by atoms with Crippen molar-refractivity contribution in [3.63, 3.8) is 0 Å². The van der Waals surface area contributed by atoms with Crippen LogP contribution in [-0.4, -0.2) is 22.8 Å². The Morgan fingerprint density at radius 3 is 2.65 bits per heavy atom. The first kappa shape index (κ1) is 13.9. The van der Waals surface area contributed by atoms with Crippen LogP contribution < -0.4 is 5.73 Å². The Balaban J connectivity index is 1.92. The summed E-state index contributed by atoms with van der Waals surface area (Å²) < 4.78 is 5.56. The van der Waals surface area contributed by atoms with Crippen LogP contribution in [0.1, 0.15) is 17.1 Å². The van der Waals surface area contributed by atoms with Crippen LogP contribution in [0.25, 0.3) is 12.2 Å². The molecule has 0 saturated heterocycles. The Bertz CT molecular complexity index is 590. The van der Waals surface area contributed by atoms with Gasteiger partial charge >= 0.3 is 6.03 Å². The number of hydrogen-bond donors (Lipinski definition) is 2. The van der Waals surface area contributed by atoms with Crippen molar-refractivity contribution >= 4 is 18.2 Å². The Morgan fingerprint density at radius 2 is 1.95 bits per heavy atom. The summed E-state index contributed by atoms with van der Waals surface area (Å²) in [7, 11) is 0. The zero-order chi connectivity index (χ0) is 14.4. The molecule has 1 aromatic heterocycles. The van der Waals surface area contributed by atoms with Crippen LogP contribution >= 0.6 is 0 Å². The fourth-order valence-electron chi connectivity index (χ4n) is 1.69. The third-order valence-electron chi connectivity index (χ3n) is 2.75. The largest absolute Gasteiger partial charge is 0.462 e. The smallest absolute Gasteiger partial charge is 0.338 e. The fourth-order valence-corrected chi connectivity index (χ4v) is 1.69. The average Bonchev–Trinajstić information content (AvgIpc) is 2.91. The van der Waals surface area contributed by atoms with Gasteiger partial charge in [0.25, 0.3) is 0 Å². The number of hydroxylamine groups is 2. The van der Waals surface area contributed by atoms with Crippen molar-refractivity contribution in [1.82, 2.24) is 5.06 Å². The molecule has 0 fully saturated rings. The van der Waals surface area contributed by atoms with Crippen molar-refractivity contribution in [2.45, 2.75) is 6.42 Å². The van der Waals surface area contributed by atoms with E-state index in [9.17, 15) is 4.79 Å². The van der Waals surface area contributed by atoms with Crippen LogP contribution in [-0.2, 0) is 6.42 Å². The Labute approximate surface area is 116 Å². The van der Waals surface area contributed by atoms with Crippen molar-refractivity contribution in [1.29, 1.82) is 0 Å². The first-order valence-electron chi connectivity index (χ1n) is 6.23. The third kappa shape index (κ3) is 4.00. The standard InChI is InChI=1S/C15H16N2O3/c16-15(18)17(19)11-10-14-9-8-13(20-14)7-6-12-4-2-1-3-5-12/h1-9,19H,10-11H2,(H2,16,18). The number of rotatable bonds is 5. The normalized spacial score (nSPS) is 10.8. The second kappa shape index (κ2) is 6.58. The number of carbonyl (C=O) groups excluding carboxylic acids is 1. The molecule has 0 atom stereocenters. The van der Waals surface area contributed by atoms with Crippen LogP contribution in [0.4, 0.5) is 4.79 Å². The molecular formula is C15H16N2O3. The van der Waals surface area contributed by atoms with E-state index in [2.05, 4.69) is 0 Å². The lowest BCUT2D eigenvalue weighted by atomic mass is 10.2. The molecule has 1 heterocycles. The first-order chi connectivity index (χ1) is 9.65. The molecule has 3 N–H and O–H groups in total. The molecule has 2 rings (SSSR count). The predicted octanol–water partition coefficient (Wildman–Crippen LogP) is 2.76. The summed E-state index contributed by atoms with van der Waals surface area (Å²) in [5, 5.41) is 9.61. The Kier molecular flexibility index (Phi) is 4.57. The fraction of sp³-hybridized carbons (Fsp3) is 0.133. The lowest BCUT2D eigenvalue weighted by Gasteiger charge is -2.09. The SMILES string of the molecule is NC(=O)N(O)CCc1ccc(C=Cc2ccccc2)o1. The summed E-state index contributed by atoms with van der Waals surface area (Å²) in [5.41, 5.74) is 6.00. The highest BCUT2D eigenvalue weighted by Gasteiger charge is 2.07. The van der Waals surface area contributed by atoms with Gasteiger partial charge in [-0.2, -0.15) is 0 Å². The number of carbonyl (C=O) groups is 1. The minimum absolute atomic E-state index is 0.102. The van der Waals surface area contributed by atoms with Crippen LogP contribution in [0.3, 0.4) is 0 Å². The van der Waals surface area contributed by atoms with Gasteiger partial charge in [-0.3, -0.25) is 5.21 Å². The Morgan fingerprint density at radius 1 is 1.20 bits per heavy atom. The quantitative estimate of drug-likeness (QED) is 0.648. The Hall–Kier alpha value is -2.53. The summed E-state index contributed by atoms with van der Waals surface area (Å²) in [6.07, 6.45) is 4.21. The maximum Gasteiger partial charge on any atom is 0.338 e. The van der Waals surface area contributed by atoms with Gasteiger partial charge in [-0.15, -0.1) is 0 Å². The van der Waals surface area contributed by atoms with Gasteiger partial charge in [0.2, 0.25) is 0 Å². The highest BCUT2D eigenvalue weighted by Crippen LogP contribution is 2.13. The zero-order valence-electron chi connectivity index (χ0n) is 10.9. The summed E-state index contributed by atoms with van der Waals surface area (Å²) >= 11 is 0. The van der Waals surface area contributed by atoms with Crippen molar-refractivity contribution in [3.05, 3.63) is 59.5 Å². The molecule has 2 aromatic rings. The first-order valence-corrected chi connectivity index (χ1v) is 6.23. The molecular weight excluding hydrogens is 256 g/mol. The second-order valence-electron chi connectivity index (χ2n) is 4.26. The van der Waals surface area contributed by atoms with Gasteiger partial charge in [-0.1, -0.05) is 36.4 Å². The molecule has 0 radical (unpaired) electrons. The van der Waals surface area contributed by atoms with E-state index in [0.717, 1.165) is 5.56 Å². The van der Waals surface area contributed by atoms with Gasteiger partial charge in [0.1, 0.15) is 11.5 Å². The van der Waals surface area contributed by atoms with Crippen LogP contribution in [0.5, 0.6) is 0 Å². The molecule has 0 aliphatic carbocycles. The van der Waals surface area contributed by atoms with Gasteiger partial charge in [0, 0.05) is 6.42 Å².